The first-order chi connectivity index (χ1) is 10.00. The Morgan fingerprint density at radius 1 is 1.33 bits per heavy atom. The smallest absolute Gasteiger partial charge is 0.243 e. The van der Waals surface area contributed by atoms with Gasteiger partial charge in [0.25, 0.3) is 0 Å². The molecule has 0 spiro atoms. The Morgan fingerprint density at radius 2 is 2.14 bits per heavy atom. The first-order valence-corrected chi connectivity index (χ1v) is 9.01. The van der Waals surface area contributed by atoms with Crippen LogP contribution in [0.25, 0.3) is 0 Å². The van der Waals surface area contributed by atoms with Crippen LogP contribution in [-0.4, -0.2) is 24.4 Å². The van der Waals surface area contributed by atoms with E-state index in [1.165, 1.54) is 22.5 Å². The fourth-order valence-corrected chi connectivity index (χ4v) is 5.08. The van der Waals surface area contributed by atoms with Crippen LogP contribution in [0.5, 0.6) is 5.75 Å². The van der Waals surface area contributed by atoms with Crippen LogP contribution in [0.3, 0.4) is 0 Å². The van der Waals surface area contributed by atoms with Crippen LogP contribution in [0.15, 0.2) is 39.9 Å². The third-order valence-corrected chi connectivity index (χ3v) is 6.34. The molecule has 0 radical (unpaired) electrons. The van der Waals surface area contributed by atoms with Crippen molar-refractivity contribution in [3.63, 3.8) is 0 Å². The fraction of sp³-hybridized carbons (Fsp3) is 0.286. The van der Waals surface area contributed by atoms with Crippen molar-refractivity contribution in [3.05, 3.63) is 40.6 Å². The molecule has 5 nitrogen and oxygen atoms in total. The summed E-state index contributed by atoms with van der Waals surface area (Å²) in [4.78, 5) is 0.125. The lowest BCUT2D eigenvalue weighted by atomic mass is 10.1. The Bertz CT molecular complexity index is 742. The van der Waals surface area contributed by atoms with Crippen molar-refractivity contribution in [2.75, 3.05) is 12.3 Å². The minimum Gasteiger partial charge on any atom is -0.506 e. The summed E-state index contributed by atoms with van der Waals surface area (Å²) in [6.45, 7) is 0.504. The number of aromatic hydroxyl groups is 1. The van der Waals surface area contributed by atoms with Gasteiger partial charge in [-0.2, -0.15) is 15.6 Å². The van der Waals surface area contributed by atoms with E-state index in [9.17, 15) is 13.5 Å². The average Bonchev–Trinajstić information content (AvgIpc) is 3.11. The lowest BCUT2D eigenvalue weighted by Gasteiger charge is -2.23. The molecule has 1 atom stereocenters. The highest BCUT2D eigenvalue weighted by Gasteiger charge is 2.36. The number of sulfonamides is 1. The summed E-state index contributed by atoms with van der Waals surface area (Å²) in [5.74, 6) is -0.107. The number of benzene rings is 1. The molecule has 7 heteroatoms. The lowest BCUT2D eigenvalue weighted by molar-refractivity contribution is 0.397. The van der Waals surface area contributed by atoms with Crippen molar-refractivity contribution in [3.8, 4) is 5.75 Å². The Labute approximate surface area is 127 Å². The summed E-state index contributed by atoms with van der Waals surface area (Å²) >= 11 is 1.56. The van der Waals surface area contributed by atoms with Crippen LogP contribution < -0.4 is 5.73 Å². The maximum atomic E-state index is 12.8. The van der Waals surface area contributed by atoms with Gasteiger partial charge in [0.15, 0.2) is 0 Å². The lowest BCUT2D eigenvalue weighted by Crippen LogP contribution is -2.30. The van der Waals surface area contributed by atoms with Crippen LogP contribution in [0.4, 0.5) is 5.69 Å². The first-order valence-electron chi connectivity index (χ1n) is 6.62. The van der Waals surface area contributed by atoms with Crippen molar-refractivity contribution in [2.45, 2.75) is 23.8 Å². The summed E-state index contributed by atoms with van der Waals surface area (Å²) in [5, 5.41) is 13.4. The summed E-state index contributed by atoms with van der Waals surface area (Å²) in [7, 11) is -3.61. The van der Waals surface area contributed by atoms with Crippen LogP contribution in [0, 0.1) is 0 Å². The zero-order chi connectivity index (χ0) is 15.0. The molecular formula is C14H16N2O3S2. The predicted octanol–water partition coefficient (Wildman–Crippen LogP) is 2.56. The molecule has 1 aliphatic rings. The van der Waals surface area contributed by atoms with Gasteiger partial charge in [-0.1, -0.05) is 0 Å². The molecule has 1 saturated heterocycles. The van der Waals surface area contributed by atoms with Gasteiger partial charge in [0, 0.05) is 6.54 Å². The van der Waals surface area contributed by atoms with Gasteiger partial charge >= 0.3 is 0 Å². The minimum absolute atomic E-state index is 0.0716. The molecule has 112 valence electrons. The monoisotopic (exact) mass is 324 g/mol. The van der Waals surface area contributed by atoms with Gasteiger partial charge in [0.2, 0.25) is 10.0 Å². The summed E-state index contributed by atoms with van der Waals surface area (Å²) < 4.78 is 27.1. The highest BCUT2D eigenvalue weighted by atomic mass is 32.2. The molecule has 21 heavy (non-hydrogen) atoms. The zero-order valence-electron chi connectivity index (χ0n) is 11.3. The van der Waals surface area contributed by atoms with Gasteiger partial charge in [-0.25, -0.2) is 8.42 Å². The standard InChI is InChI=1S/C14H16N2O3S2/c15-12-8-11(3-4-14(12)17)21(18,19)16-6-1-2-13(16)10-5-7-20-9-10/h3-5,7-9,13,17H,1-2,6,15H2. The second-order valence-electron chi connectivity index (χ2n) is 5.05. The minimum atomic E-state index is -3.61. The molecule has 1 aliphatic heterocycles. The van der Waals surface area contributed by atoms with Crippen LogP contribution in [0.1, 0.15) is 24.4 Å². The first kappa shape index (κ1) is 14.4. The SMILES string of the molecule is Nc1cc(S(=O)(=O)N2CCCC2c2ccsc2)ccc1O. The van der Waals surface area contributed by atoms with E-state index in [0.717, 1.165) is 18.4 Å². The zero-order valence-corrected chi connectivity index (χ0v) is 12.9. The van der Waals surface area contributed by atoms with Crippen LogP contribution >= 0.6 is 11.3 Å². The molecule has 0 bridgehead atoms. The third-order valence-electron chi connectivity index (χ3n) is 3.74. The normalized spacial score (nSPS) is 19.9. The van der Waals surface area contributed by atoms with Crippen molar-refractivity contribution in [1.29, 1.82) is 0 Å². The molecule has 2 aromatic rings. The average molecular weight is 324 g/mol. The molecule has 1 unspecified atom stereocenters. The summed E-state index contributed by atoms with van der Waals surface area (Å²) in [6, 6.07) is 5.88. The molecule has 3 rings (SSSR count). The van der Waals surface area contributed by atoms with Crippen molar-refractivity contribution in [2.24, 2.45) is 0 Å². The van der Waals surface area contributed by atoms with E-state index < -0.39 is 10.0 Å². The summed E-state index contributed by atoms with van der Waals surface area (Å²) in [6.07, 6.45) is 1.66. The van der Waals surface area contributed by atoms with Gasteiger partial charge in [0.1, 0.15) is 5.75 Å². The molecule has 1 fully saturated rings. The predicted molar refractivity (Wildman–Crippen MR) is 82.7 cm³/mol. The molecule has 3 N–H and O–H groups in total. The highest BCUT2D eigenvalue weighted by molar-refractivity contribution is 7.89. The second kappa shape index (κ2) is 5.32. The molecule has 0 aliphatic carbocycles. The molecular weight excluding hydrogens is 308 g/mol. The quantitative estimate of drug-likeness (QED) is 0.671. The van der Waals surface area contributed by atoms with E-state index in [2.05, 4.69) is 0 Å². The number of hydrogen-bond donors (Lipinski definition) is 2. The highest BCUT2D eigenvalue weighted by Crippen LogP contribution is 2.38. The van der Waals surface area contributed by atoms with Crippen LogP contribution in [-0.2, 0) is 10.0 Å². The molecule has 0 amide bonds. The Kier molecular flexibility index (Phi) is 3.64. The number of hydrogen-bond acceptors (Lipinski definition) is 5. The summed E-state index contributed by atoms with van der Waals surface area (Å²) in [5.41, 5.74) is 6.72. The van der Waals surface area contributed by atoms with E-state index in [1.807, 2.05) is 16.8 Å². The number of thiophene rings is 1. The number of anilines is 1. The molecule has 1 aromatic heterocycles. The van der Waals surface area contributed by atoms with E-state index in [4.69, 9.17) is 5.73 Å². The second-order valence-corrected chi connectivity index (χ2v) is 7.72. The van der Waals surface area contributed by atoms with Crippen molar-refractivity contribution in [1.82, 2.24) is 4.31 Å². The van der Waals surface area contributed by atoms with Crippen LogP contribution in [0.2, 0.25) is 0 Å². The maximum Gasteiger partial charge on any atom is 0.243 e. The number of phenolic OH excluding ortho intramolecular Hbond substituents is 1. The van der Waals surface area contributed by atoms with Gasteiger partial charge in [-0.15, -0.1) is 0 Å². The Hall–Kier alpha value is -1.57. The van der Waals surface area contributed by atoms with E-state index in [1.54, 1.807) is 11.3 Å². The van der Waals surface area contributed by atoms with E-state index in [0.29, 0.717) is 6.54 Å². The fourth-order valence-electron chi connectivity index (χ4n) is 2.65. The topological polar surface area (TPSA) is 83.6 Å². The van der Waals surface area contributed by atoms with E-state index in [-0.39, 0.29) is 22.4 Å². The van der Waals surface area contributed by atoms with Gasteiger partial charge in [0.05, 0.1) is 16.6 Å². The number of nitrogens with zero attached hydrogens (tertiary/aromatic N) is 1. The number of phenols is 1. The largest absolute Gasteiger partial charge is 0.506 e. The Balaban J connectivity index is 1.99. The maximum absolute atomic E-state index is 12.8. The number of nitrogen functional groups attached to an aromatic ring is 1. The number of rotatable bonds is 3. The van der Waals surface area contributed by atoms with E-state index >= 15 is 0 Å². The molecule has 2 heterocycles. The molecule has 1 aromatic carbocycles. The third kappa shape index (κ3) is 2.52. The Morgan fingerprint density at radius 3 is 2.81 bits per heavy atom. The van der Waals surface area contributed by atoms with Crippen molar-refractivity contribution >= 4 is 27.0 Å². The van der Waals surface area contributed by atoms with Gasteiger partial charge < -0.3 is 10.8 Å². The van der Waals surface area contributed by atoms with Crippen molar-refractivity contribution < 1.29 is 13.5 Å². The molecule has 0 saturated carbocycles. The number of nitrogens with two attached hydrogens (primary N) is 1. The van der Waals surface area contributed by atoms with Gasteiger partial charge in [-0.05, 0) is 53.4 Å². The van der Waals surface area contributed by atoms with Gasteiger partial charge in [-0.3, -0.25) is 0 Å².